The Morgan fingerprint density at radius 2 is 1.73 bits per heavy atom. The monoisotopic (exact) mass is 385 g/mol. The summed E-state index contributed by atoms with van der Waals surface area (Å²) in [5.74, 6) is -0.940. The summed E-state index contributed by atoms with van der Waals surface area (Å²) in [6.07, 6.45) is 0.194. The molecule has 1 rings (SSSR count). The van der Waals surface area contributed by atoms with Gasteiger partial charge in [-0.2, -0.15) is 0 Å². The van der Waals surface area contributed by atoms with Gasteiger partial charge in [0.1, 0.15) is 0 Å². The van der Waals surface area contributed by atoms with Crippen molar-refractivity contribution in [2.24, 2.45) is 0 Å². The average Bonchev–Trinajstić information content (AvgIpc) is 2.42. The molecule has 0 saturated carbocycles. The van der Waals surface area contributed by atoms with Crippen molar-refractivity contribution in [3.05, 3.63) is 24.3 Å². The molecule has 0 bridgehead atoms. The molecule has 0 atom stereocenters. The predicted molar refractivity (Wildman–Crippen MR) is 99.6 cm³/mol. The Hall–Kier alpha value is -2.13. The number of carbonyl (C=O) groups excluding carboxylic acids is 1. The van der Waals surface area contributed by atoms with Crippen LogP contribution in [0.4, 0.5) is 10.5 Å². The zero-order valence-electron chi connectivity index (χ0n) is 15.7. The van der Waals surface area contributed by atoms with Crippen molar-refractivity contribution in [3.63, 3.8) is 0 Å². The summed E-state index contributed by atoms with van der Waals surface area (Å²) < 4.78 is 27.3. The summed E-state index contributed by atoms with van der Waals surface area (Å²) in [6, 6.07) is 5.35. The van der Waals surface area contributed by atoms with Crippen LogP contribution >= 0.6 is 0 Å². The minimum Gasteiger partial charge on any atom is -0.481 e. The topological polar surface area (TPSA) is 125 Å². The van der Waals surface area contributed by atoms with Crippen LogP contribution < -0.4 is 15.4 Å². The molecule has 4 N–H and O–H groups in total. The van der Waals surface area contributed by atoms with Gasteiger partial charge >= 0.3 is 12.0 Å². The van der Waals surface area contributed by atoms with E-state index in [4.69, 9.17) is 5.11 Å². The van der Waals surface area contributed by atoms with E-state index in [-0.39, 0.29) is 17.7 Å². The van der Waals surface area contributed by atoms with Gasteiger partial charge < -0.3 is 15.7 Å². The van der Waals surface area contributed by atoms with E-state index < -0.39 is 33.1 Å². The second kappa shape index (κ2) is 8.05. The molecular formula is C17H27N3O5S. The molecule has 0 aliphatic carbocycles. The van der Waals surface area contributed by atoms with Gasteiger partial charge in [-0.05, 0) is 59.2 Å². The minimum absolute atomic E-state index is 0.0374. The van der Waals surface area contributed by atoms with E-state index in [1.807, 2.05) is 0 Å². The molecule has 9 heteroatoms. The summed E-state index contributed by atoms with van der Waals surface area (Å²) >= 11 is 0. The first-order chi connectivity index (χ1) is 11.7. The number of aliphatic carboxylic acids is 1. The molecule has 1 aromatic rings. The summed E-state index contributed by atoms with van der Waals surface area (Å²) in [5, 5.41) is 14.0. The molecule has 2 amide bonds. The Kier molecular flexibility index (Phi) is 6.78. The molecule has 8 nitrogen and oxygen atoms in total. The molecule has 0 fully saturated rings. The lowest BCUT2D eigenvalue weighted by Crippen LogP contribution is -2.45. The van der Waals surface area contributed by atoms with Gasteiger partial charge in [-0.1, -0.05) is 6.07 Å². The molecule has 0 aliphatic heterocycles. The van der Waals surface area contributed by atoms with Crippen LogP contribution in [0.1, 0.15) is 47.5 Å². The van der Waals surface area contributed by atoms with Gasteiger partial charge in [-0.3, -0.25) is 4.79 Å². The van der Waals surface area contributed by atoms with Gasteiger partial charge in [-0.25, -0.2) is 17.9 Å². The third kappa shape index (κ3) is 7.83. The Balaban J connectivity index is 2.83. The molecular weight excluding hydrogens is 358 g/mol. The molecule has 0 heterocycles. The lowest BCUT2D eigenvalue weighted by Gasteiger charge is -2.25. The van der Waals surface area contributed by atoms with Gasteiger partial charge in [0.2, 0.25) is 10.0 Å². The van der Waals surface area contributed by atoms with Crippen LogP contribution in [-0.4, -0.2) is 36.6 Å². The van der Waals surface area contributed by atoms with Crippen LogP contribution in [0.5, 0.6) is 0 Å². The van der Waals surface area contributed by atoms with Crippen molar-refractivity contribution in [3.8, 4) is 0 Å². The second-order valence-corrected chi connectivity index (χ2v) is 9.42. The van der Waals surface area contributed by atoms with E-state index in [9.17, 15) is 18.0 Å². The molecule has 0 aliphatic rings. The molecule has 0 radical (unpaired) electrons. The van der Waals surface area contributed by atoms with Gasteiger partial charge in [0.15, 0.2) is 0 Å². The molecule has 146 valence electrons. The fourth-order valence-electron chi connectivity index (χ4n) is 2.15. The molecule has 26 heavy (non-hydrogen) atoms. The first kappa shape index (κ1) is 21.9. The maximum atomic E-state index is 12.4. The summed E-state index contributed by atoms with van der Waals surface area (Å²) in [6.45, 7) is 8.63. The fraction of sp³-hybridized carbons (Fsp3) is 0.529. The Labute approximate surface area is 154 Å². The number of anilines is 1. The van der Waals surface area contributed by atoms with Gasteiger partial charge in [0, 0.05) is 23.2 Å². The highest BCUT2D eigenvalue weighted by Crippen LogP contribution is 2.18. The highest BCUT2D eigenvalue weighted by Gasteiger charge is 2.23. The van der Waals surface area contributed by atoms with E-state index in [1.165, 1.54) is 18.2 Å². The van der Waals surface area contributed by atoms with E-state index >= 15 is 0 Å². The van der Waals surface area contributed by atoms with Crippen LogP contribution in [-0.2, 0) is 14.8 Å². The number of urea groups is 1. The predicted octanol–water partition coefficient (Wildman–Crippen LogP) is 2.53. The number of rotatable bonds is 7. The number of amides is 2. The van der Waals surface area contributed by atoms with Crippen molar-refractivity contribution in [1.29, 1.82) is 0 Å². The van der Waals surface area contributed by atoms with Crippen LogP contribution in [0.15, 0.2) is 29.2 Å². The molecule has 1 aromatic carbocycles. The smallest absolute Gasteiger partial charge is 0.319 e. The number of carbonyl (C=O) groups is 2. The highest BCUT2D eigenvalue weighted by molar-refractivity contribution is 7.89. The average molecular weight is 385 g/mol. The van der Waals surface area contributed by atoms with Crippen LogP contribution in [0.3, 0.4) is 0 Å². The van der Waals surface area contributed by atoms with Crippen LogP contribution in [0, 0.1) is 0 Å². The Morgan fingerprint density at radius 1 is 1.12 bits per heavy atom. The largest absolute Gasteiger partial charge is 0.481 e. The number of hydrogen-bond donors (Lipinski definition) is 4. The fourth-order valence-corrected chi connectivity index (χ4v) is 3.62. The summed E-state index contributed by atoms with van der Waals surface area (Å²) in [4.78, 5) is 22.8. The number of nitrogens with one attached hydrogen (secondary N) is 3. The van der Waals surface area contributed by atoms with Crippen molar-refractivity contribution in [2.75, 3.05) is 5.32 Å². The van der Waals surface area contributed by atoms with E-state index in [0.29, 0.717) is 5.69 Å². The Morgan fingerprint density at radius 3 is 2.27 bits per heavy atom. The van der Waals surface area contributed by atoms with Crippen molar-refractivity contribution in [1.82, 2.24) is 10.0 Å². The van der Waals surface area contributed by atoms with Crippen molar-refractivity contribution < 1.29 is 23.1 Å². The summed E-state index contributed by atoms with van der Waals surface area (Å²) in [5.41, 5.74) is -1.04. The number of carboxylic acid groups (broad SMARTS) is 1. The minimum atomic E-state index is -3.72. The zero-order chi connectivity index (χ0) is 20.2. The van der Waals surface area contributed by atoms with Crippen LogP contribution in [0.2, 0.25) is 0 Å². The zero-order valence-corrected chi connectivity index (χ0v) is 16.5. The number of sulfonamides is 1. The van der Waals surface area contributed by atoms with Gasteiger partial charge in [0.05, 0.1) is 4.90 Å². The van der Waals surface area contributed by atoms with Crippen molar-refractivity contribution >= 4 is 27.7 Å². The van der Waals surface area contributed by atoms with E-state index in [2.05, 4.69) is 15.4 Å². The normalized spacial score (nSPS) is 12.5. The first-order valence-corrected chi connectivity index (χ1v) is 9.64. The van der Waals surface area contributed by atoms with E-state index in [1.54, 1.807) is 40.7 Å². The standard InChI is InChI=1S/C17H27N3O5S/c1-16(2,3)20-26(24,25)13-8-6-7-12(11-13)18-15(23)19-17(4,5)10-9-14(21)22/h6-8,11,20H,9-10H2,1-5H3,(H,21,22)(H2,18,19,23). The quantitative estimate of drug-likeness (QED) is 0.574. The lowest BCUT2D eigenvalue weighted by molar-refractivity contribution is -0.137. The number of carboxylic acids is 1. The molecule has 0 spiro atoms. The highest BCUT2D eigenvalue weighted by atomic mass is 32.2. The number of hydrogen-bond acceptors (Lipinski definition) is 4. The van der Waals surface area contributed by atoms with Gasteiger partial charge in [0.25, 0.3) is 0 Å². The van der Waals surface area contributed by atoms with Gasteiger partial charge in [-0.15, -0.1) is 0 Å². The van der Waals surface area contributed by atoms with Crippen LogP contribution in [0.25, 0.3) is 0 Å². The molecule has 0 saturated heterocycles. The molecule has 0 unspecified atom stereocenters. The maximum Gasteiger partial charge on any atom is 0.319 e. The lowest BCUT2D eigenvalue weighted by atomic mass is 9.99. The molecule has 0 aromatic heterocycles. The second-order valence-electron chi connectivity index (χ2n) is 7.74. The SMILES string of the molecule is CC(C)(C)NS(=O)(=O)c1cccc(NC(=O)NC(C)(C)CCC(=O)O)c1. The Bertz CT molecular complexity index is 767. The third-order valence-electron chi connectivity index (χ3n) is 3.26. The third-order valence-corrected chi connectivity index (χ3v) is 5.01. The number of benzene rings is 1. The summed E-state index contributed by atoms with van der Waals surface area (Å²) in [7, 11) is -3.72. The first-order valence-electron chi connectivity index (χ1n) is 8.15. The van der Waals surface area contributed by atoms with E-state index in [0.717, 1.165) is 0 Å². The maximum absolute atomic E-state index is 12.4. The van der Waals surface area contributed by atoms with Crippen molar-refractivity contribution in [2.45, 2.75) is 63.4 Å².